The highest BCUT2D eigenvalue weighted by atomic mass is 16.4. The first-order valence-corrected chi connectivity index (χ1v) is 12.9. The van der Waals surface area contributed by atoms with Crippen LogP contribution in [-0.2, 0) is 7.05 Å². The lowest BCUT2D eigenvalue weighted by molar-refractivity contribution is 0.0747. The summed E-state index contributed by atoms with van der Waals surface area (Å²) >= 11 is 0. The summed E-state index contributed by atoms with van der Waals surface area (Å²) in [5.41, 5.74) is 8.63. The number of hydrogen-bond acceptors (Lipinski definition) is 4. The highest BCUT2D eigenvalue weighted by Crippen LogP contribution is 2.40. The molecule has 2 atom stereocenters. The van der Waals surface area contributed by atoms with Crippen molar-refractivity contribution in [3.63, 3.8) is 0 Å². The van der Waals surface area contributed by atoms with Gasteiger partial charge in [0.1, 0.15) is 0 Å². The second kappa shape index (κ2) is 8.97. The van der Waals surface area contributed by atoms with Gasteiger partial charge in [0.15, 0.2) is 5.58 Å². The molecule has 36 heavy (non-hydrogen) atoms. The van der Waals surface area contributed by atoms with Crippen molar-refractivity contribution in [1.29, 1.82) is 0 Å². The summed E-state index contributed by atoms with van der Waals surface area (Å²) in [5.74, 6) is -0.313. The fraction of sp³-hybridized carbons (Fsp3) is 0.387. The lowest BCUT2D eigenvalue weighted by atomic mass is 9.86. The average Bonchev–Trinajstić information content (AvgIpc) is 3.16. The molecular formula is C31H37N3O2. The van der Waals surface area contributed by atoms with Crippen molar-refractivity contribution in [1.82, 2.24) is 9.47 Å². The van der Waals surface area contributed by atoms with Crippen LogP contribution >= 0.6 is 0 Å². The molecule has 5 heteroatoms. The van der Waals surface area contributed by atoms with Crippen LogP contribution in [0.5, 0.6) is 0 Å². The van der Waals surface area contributed by atoms with Crippen molar-refractivity contribution >= 4 is 16.8 Å². The predicted molar refractivity (Wildman–Crippen MR) is 149 cm³/mol. The second-order valence-electron chi connectivity index (χ2n) is 10.8. The molecule has 3 aromatic carbocycles. The molecule has 2 unspecified atom stereocenters. The monoisotopic (exact) mass is 483 g/mol. The molecule has 1 fully saturated rings. The Labute approximate surface area is 214 Å². The maximum Gasteiger partial charge on any atom is 0.419 e. The number of aryl methyl sites for hydroxylation is 3. The van der Waals surface area contributed by atoms with Crippen LogP contribution in [0.15, 0.2) is 69.9 Å². The Morgan fingerprint density at radius 2 is 1.72 bits per heavy atom. The van der Waals surface area contributed by atoms with E-state index >= 15 is 0 Å². The third-order valence-electron chi connectivity index (χ3n) is 8.52. The van der Waals surface area contributed by atoms with E-state index in [0.717, 1.165) is 29.9 Å². The average molecular weight is 484 g/mol. The van der Waals surface area contributed by atoms with Crippen molar-refractivity contribution in [2.45, 2.75) is 59.2 Å². The first kappa shape index (κ1) is 24.4. The number of rotatable bonds is 4. The fourth-order valence-corrected chi connectivity index (χ4v) is 5.98. The minimum atomic E-state index is -0.313. The molecule has 1 aromatic heterocycles. The van der Waals surface area contributed by atoms with Crippen LogP contribution in [0, 0.1) is 13.8 Å². The zero-order chi connectivity index (χ0) is 25.8. The summed E-state index contributed by atoms with van der Waals surface area (Å²) < 4.78 is 7.37. The summed E-state index contributed by atoms with van der Waals surface area (Å²) in [7, 11) is 1.78. The molecule has 5 rings (SSSR count). The van der Waals surface area contributed by atoms with Crippen LogP contribution in [-0.4, -0.2) is 34.1 Å². The first-order valence-electron chi connectivity index (χ1n) is 12.9. The number of piperazine rings is 1. The quantitative estimate of drug-likeness (QED) is 0.334. The van der Waals surface area contributed by atoms with E-state index < -0.39 is 0 Å². The maximum atomic E-state index is 12.4. The van der Waals surface area contributed by atoms with Crippen molar-refractivity contribution in [2.75, 3.05) is 18.0 Å². The summed E-state index contributed by atoms with van der Waals surface area (Å²) in [6.45, 7) is 15.2. The molecule has 0 aliphatic carbocycles. The van der Waals surface area contributed by atoms with E-state index in [9.17, 15) is 4.79 Å². The summed E-state index contributed by atoms with van der Waals surface area (Å²) in [5, 5.41) is 0. The highest BCUT2D eigenvalue weighted by molar-refractivity contribution is 5.90. The standard InChI is InChI=1S/C31H37N3O2/c1-20-11-8-9-14-26(20)25-13-10-12-24(19-25)22(3)33-17-18-34(31(5,6)23(33)4)27-16-15-21(2)28-29(27)36-30(35)32(28)7/h8-16,19,22-23H,17-18H2,1-7H3. The van der Waals surface area contributed by atoms with Crippen LogP contribution < -0.4 is 10.7 Å². The van der Waals surface area contributed by atoms with E-state index in [2.05, 4.69) is 105 Å². The molecule has 0 bridgehead atoms. The van der Waals surface area contributed by atoms with Crippen molar-refractivity contribution in [3.05, 3.63) is 87.9 Å². The minimum Gasteiger partial charge on any atom is -0.405 e. The van der Waals surface area contributed by atoms with E-state index in [4.69, 9.17) is 4.42 Å². The predicted octanol–water partition coefficient (Wildman–Crippen LogP) is 6.47. The van der Waals surface area contributed by atoms with Crippen LogP contribution in [0.4, 0.5) is 5.69 Å². The lowest BCUT2D eigenvalue weighted by Gasteiger charge is -2.54. The largest absolute Gasteiger partial charge is 0.419 e. The molecule has 0 radical (unpaired) electrons. The first-order chi connectivity index (χ1) is 17.1. The molecule has 2 heterocycles. The lowest BCUT2D eigenvalue weighted by Crippen LogP contribution is -2.65. The van der Waals surface area contributed by atoms with Crippen molar-refractivity contribution in [3.8, 4) is 11.1 Å². The van der Waals surface area contributed by atoms with Gasteiger partial charge >= 0.3 is 5.76 Å². The number of oxazole rings is 1. The van der Waals surface area contributed by atoms with Crippen LogP contribution in [0.25, 0.3) is 22.2 Å². The van der Waals surface area contributed by atoms with Crippen LogP contribution in [0.3, 0.4) is 0 Å². The number of hydrogen-bond donors (Lipinski definition) is 0. The van der Waals surface area contributed by atoms with E-state index in [1.54, 1.807) is 11.6 Å². The van der Waals surface area contributed by atoms with Gasteiger partial charge in [-0.1, -0.05) is 48.5 Å². The Hall–Kier alpha value is -3.31. The number of benzene rings is 3. The Morgan fingerprint density at radius 3 is 2.47 bits per heavy atom. The number of anilines is 1. The van der Waals surface area contributed by atoms with Crippen LogP contribution in [0.2, 0.25) is 0 Å². The molecular weight excluding hydrogens is 446 g/mol. The molecule has 5 nitrogen and oxygen atoms in total. The second-order valence-corrected chi connectivity index (χ2v) is 10.8. The van der Waals surface area contributed by atoms with Gasteiger partial charge in [-0.05, 0) is 81.5 Å². The zero-order valence-electron chi connectivity index (χ0n) is 22.5. The van der Waals surface area contributed by atoms with Crippen molar-refractivity contribution in [2.24, 2.45) is 7.05 Å². The molecule has 4 aromatic rings. The molecule has 0 saturated carbocycles. The Balaban J connectivity index is 1.46. The fourth-order valence-electron chi connectivity index (χ4n) is 5.98. The van der Waals surface area contributed by atoms with E-state index in [-0.39, 0.29) is 23.4 Å². The molecule has 0 spiro atoms. The van der Waals surface area contributed by atoms with Gasteiger partial charge in [-0.25, -0.2) is 4.79 Å². The molecule has 188 valence electrons. The SMILES string of the molecule is Cc1ccccc1-c1cccc(C(C)N2CCN(c3ccc(C)c4c3oc(=O)n4C)C(C)(C)C2C)c1. The third kappa shape index (κ3) is 3.86. The molecule has 1 saturated heterocycles. The minimum absolute atomic E-state index is 0.170. The Morgan fingerprint density at radius 1 is 0.972 bits per heavy atom. The van der Waals surface area contributed by atoms with Gasteiger partial charge in [0.2, 0.25) is 0 Å². The van der Waals surface area contributed by atoms with Gasteiger partial charge in [0, 0.05) is 37.8 Å². The van der Waals surface area contributed by atoms with Crippen LogP contribution in [0.1, 0.15) is 50.4 Å². The Kier molecular flexibility index (Phi) is 6.08. The van der Waals surface area contributed by atoms with Gasteiger partial charge in [0.25, 0.3) is 0 Å². The third-order valence-corrected chi connectivity index (χ3v) is 8.52. The van der Waals surface area contributed by atoms with E-state index in [1.165, 1.54) is 22.3 Å². The zero-order valence-corrected chi connectivity index (χ0v) is 22.5. The van der Waals surface area contributed by atoms with E-state index in [0.29, 0.717) is 5.58 Å². The number of nitrogens with zero attached hydrogens (tertiary/aromatic N) is 3. The number of aromatic nitrogens is 1. The summed E-state index contributed by atoms with van der Waals surface area (Å²) in [6.07, 6.45) is 0. The summed E-state index contributed by atoms with van der Waals surface area (Å²) in [6, 6.07) is 22.3. The van der Waals surface area contributed by atoms with Gasteiger partial charge in [0.05, 0.1) is 11.2 Å². The molecule has 1 aliphatic heterocycles. The van der Waals surface area contributed by atoms with Gasteiger partial charge < -0.3 is 9.32 Å². The normalized spacial score (nSPS) is 19.1. The number of fused-ring (bicyclic) bond motifs is 1. The topological polar surface area (TPSA) is 41.6 Å². The molecule has 0 N–H and O–H groups in total. The maximum absolute atomic E-state index is 12.4. The molecule has 1 aliphatic rings. The van der Waals surface area contributed by atoms with Gasteiger partial charge in [-0.3, -0.25) is 9.47 Å². The highest BCUT2D eigenvalue weighted by Gasteiger charge is 2.43. The Bertz CT molecular complexity index is 1480. The summed E-state index contributed by atoms with van der Waals surface area (Å²) in [4.78, 5) is 17.4. The molecule has 0 amide bonds. The van der Waals surface area contributed by atoms with Crippen molar-refractivity contribution < 1.29 is 4.42 Å². The smallest absolute Gasteiger partial charge is 0.405 e. The van der Waals surface area contributed by atoms with Gasteiger partial charge in [-0.15, -0.1) is 0 Å². The van der Waals surface area contributed by atoms with Gasteiger partial charge in [-0.2, -0.15) is 0 Å². The van der Waals surface area contributed by atoms with E-state index in [1.807, 2.05) is 6.92 Å².